The number of benzene rings is 2. The molecule has 2 rings (SSSR count). The SMILES string of the molecule is C=CCc1cc(C=Nc2ccc(C(C)(C)C)cc2)cc(OC)c1OCC(=O)O. The minimum Gasteiger partial charge on any atom is -0.493 e. The second-order valence-electron chi connectivity index (χ2n) is 7.44. The van der Waals surface area contributed by atoms with Crippen molar-refractivity contribution in [3.63, 3.8) is 0 Å². The smallest absolute Gasteiger partial charge is 0.341 e. The number of nitrogens with zero attached hydrogens (tertiary/aromatic N) is 1. The molecule has 0 bridgehead atoms. The van der Waals surface area contributed by atoms with E-state index in [1.165, 1.54) is 12.7 Å². The first kappa shape index (κ1) is 21.2. The predicted molar refractivity (Wildman–Crippen MR) is 112 cm³/mol. The molecule has 0 spiro atoms. The van der Waals surface area contributed by atoms with Gasteiger partial charge in [0.2, 0.25) is 0 Å². The van der Waals surface area contributed by atoms with Crippen molar-refractivity contribution >= 4 is 17.9 Å². The molecule has 1 N–H and O–H groups in total. The van der Waals surface area contributed by atoms with Gasteiger partial charge in [-0.2, -0.15) is 0 Å². The molecule has 0 saturated carbocycles. The highest BCUT2D eigenvalue weighted by Gasteiger charge is 2.14. The standard InChI is InChI=1S/C23H27NO4/c1-6-7-17-12-16(13-20(27-5)22(17)28-15-21(25)26)14-24-19-10-8-18(9-11-19)23(2,3)4/h6,8-14H,1,7,15H2,2-5H3,(H,25,26). The molecule has 2 aromatic rings. The quantitative estimate of drug-likeness (QED) is 0.520. The molecule has 0 aliphatic carbocycles. The fraction of sp³-hybridized carbons (Fsp3) is 0.304. The highest BCUT2D eigenvalue weighted by molar-refractivity contribution is 5.84. The normalized spacial score (nSPS) is 11.4. The third-order valence-corrected chi connectivity index (χ3v) is 4.17. The van der Waals surface area contributed by atoms with Crippen LogP contribution in [0.1, 0.15) is 37.5 Å². The van der Waals surface area contributed by atoms with E-state index in [4.69, 9.17) is 14.6 Å². The molecule has 5 heteroatoms. The van der Waals surface area contributed by atoms with E-state index in [1.807, 2.05) is 18.2 Å². The van der Waals surface area contributed by atoms with Gasteiger partial charge in [0.1, 0.15) is 0 Å². The van der Waals surface area contributed by atoms with Crippen LogP contribution in [-0.2, 0) is 16.6 Å². The van der Waals surface area contributed by atoms with Gasteiger partial charge in [0, 0.05) is 11.8 Å². The lowest BCUT2D eigenvalue weighted by molar-refractivity contribution is -0.139. The Morgan fingerprint density at radius 1 is 1.21 bits per heavy atom. The number of aliphatic imine (C=N–C) groups is 1. The van der Waals surface area contributed by atoms with Crippen molar-refractivity contribution in [1.29, 1.82) is 0 Å². The molecular weight excluding hydrogens is 354 g/mol. The second kappa shape index (κ2) is 9.22. The zero-order valence-corrected chi connectivity index (χ0v) is 16.9. The van der Waals surface area contributed by atoms with Gasteiger partial charge in [-0.25, -0.2) is 4.79 Å². The number of aliphatic carboxylic acids is 1. The van der Waals surface area contributed by atoms with Crippen LogP contribution in [0.2, 0.25) is 0 Å². The highest BCUT2D eigenvalue weighted by Crippen LogP contribution is 2.33. The Bertz CT molecular complexity index is 861. The summed E-state index contributed by atoms with van der Waals surface area (Å²) in [4.78, 5) is 15.4. The summed E-state index contributed by atoms with van der Waals surface area (Å²) in [6, 6.07) is 11.8. The van der Waals surface area contributed by atoms with Crippen LogP contribution in [0.25, 0.3) is 0 Å². The second-order valence-corrected chi connectivity index (χ2v) is 7.44. The van der Waals surface area contributed by atoms with Crippen LogP contribution >= 0.6 is 0 Å². The molecule has 0 heterocycles. The number of carbonyl (C=O) groups is 1. The number of allylic oxidation sites excluding steroid dienone is 1. The summed E-state index contributed by atoms with van der Waals surface area (Å²) in [6.45, 7) is 9.84. The number of methoxy groups -OCH3 is 1. The van der Waals surface area contributed by atoms with E-state index < -0.39 is 12.6 Å². The van der Waals surface area contributed by atoms with Crippen LogP contribution < -0.4 is 9.47 Å². The molecular formula is C23H27NO4. The van der Waals surface area contributed by atoms with Crippen molar-refractivity contribution in [2.75, 3.05) is 13.7 Å². The summed E-state index contributed by atoms with van der Waals surface area (Å²) < 4.78 is 10.8. The number of ether oxygens (including phenoxy) is 2. The maximum Gasteiger partial charge on any atom is 0.341 e. The third-order valence-electron chi connectivity index (χ3n) is 4.17. The van der Waals surface area contributed by atoms with Gasteiger partial charge in [-0.3, -0.25) is 4.99 Å². The van der Waals surface area contributed by atoms with E-state index in [1.54, 1.807) is 18.4 Å². The lowest BCUT2D eigenvalue weighted by Crippen LogP contribution is -2.11. The van der Waals surface area contributed by atoms with Gasteiger partial charge in [-0.1, -0.05) is 39.0 Å². The highest BCUT2D eigenvalue weighted by atomic mass is 16.5. The molecule has 5 nitrogen and oxygen atoms in total. The average Bonchev–Trinajstić information content (AvgIpc) is 2.64. The Morgan fingerprint density at radius 3 is 2.43 bits per heavy atom. The molecule has 0 radical (unpaired) electrons. The summed E-state index contributed by atoms with van der Waals surface area (Å²) in [5.74, 6) is -0.169. The van der Waals surface area contributed by atoms with E-state index in [0.29, 0.717) is 17.9 Å². The van der Waals surface area contributed by atoms with E-state index in [9.17, 15) is 4.79 Å². The lowest BCUT2D eigenvalue weighted by Gasteiger charge is -2.18. The average molecular weight is 381 g/mol. The van der Waals surface area contributed by atoms with Gasteiger partial charge in [-0.15, -0.1) is 6.58 Å². The van der Waals surface area contributed by atoms with Crippen molar-refractivity contribution < 1.29 is 19.4 Å². The molecule has 2 aromatic carbocycles. The van der Waals surface area contributed by atoms with Crippen LogP contribution in [0, 0.1) is 0 Å². The predicted octanol–water partition coefficient (Wildman–Crippen LogP) is 4.94. The Hall–Kier alpha value is -3.08. The summed E-state index contributed by atoms with van der Waals surface area (Å²) in [6.07, 6.45) is 4.00. The zero-order valence-electron chi connectivity index (χ0n) is 16.9. The van der Waals surface area contributed by atoms with Gasteiger partial charge in [0.25, 0.3) is 0 Å². The molecule has 148 valence electrons. The van der Waals surface area contributed by atoms with E-state index >= 15 is 0 Å². The Balaban J connectivity index is 2.32. The van der Waals surface area contributed by atoms with Gasteiger partial charge in [-0.05, 0) is 47.2 Å². The van der Waals surface area contributed by atoms with Crippen LogP contribution in [0.15, 0.2) is 54.0 Å². The fourth-order valence-electron chi connectivity index (χ4n) is 2.71. The topological polar surface area (TPSA) is 68.1 Å². The minimum atomic E-state index is -1.05. The first-order chi connectivity index (χ1) is 13.2. The van der Waals surface area contributed by atoms with E-state index in [2.05, 4.69) is 44.5 Å². The molecule has 0 atom stereocenters. The van der Waals surface area contributed by atoms with Crippen molar-refractivity contribution in [1.82, 2.24) is 0 Å². The van der Waals surface area contributed by atoms with Crippen LogP contribution in [0.5, 0.6) is 11.5 Å². The maximum absolute atomic E-state index is 10.8. The minimum absolute atomic E-state index is 0.0982. The summed E-state index contributed by atoms with van der Waals surface area (Å²) in [5, 5.41) is 8.89. The first-order valence-electron chi connectivity index (χ1n) is 9.05. The van der Waals surface area contributed by atoms with Crippen molar-refractivity contribution in [2.24, 2.45) is 4.99 Å². The molecule has 0 amide bonds. The van der Waals surface area contributed by atoms with Crippen LogP contribution in [0.3, 0.4) is 0 Å². The van der Waals surface area contributed by atoms with E-state index in [-0.39, 0.29) is 5.41 Å². The van der Waals surface area contributed by atoms with Crippen molar-refractivity contribution in [2.45, 2.75) is 32.6 Å². The number of hydrogen-bond acceptors (Lipinski definition) is 4. The molecule has 0 saturated heterocycles. The summed E-state index contributed by atoms with van der Waals surface area (Å²) in [5.41, 5.74) is 3.82. The Kier molecular flexibility index (Phi) is 6.99. The largest absolute Gasteiger partial charge is 0.493 e. The Labute approximate surface area is 166 Å². The van der Waals surface area contributed by atoms with Crippen molar-refractivity contribution in [3.8, 4) is 11.5 Å². The van der Waals surface area contributed by atoms with Gasteiger partial charge in [0.05, 0.1) is 12.8 Å². The lowest BCUT2D eigenvalue weighted by atomic mass is 9.87. The van der Waals surface area contributed by atoms with Crippen LogP contribution in [0.4, 0.5) is 5.69 Å². The number of hydrogen-bond donors (Lipinski definition) is 1. The summed E-state index contributed by atoms with van der Waals surface area (Å²) in [7, 11) is 1.52. The molecule has 28 heavy (non-hydrogen) atoms. The molecule has 0 unspecified atom stereocenters. The maximum atomic E-state index is 10.8. The zero-order chi connectivity index (χ0) is 20.7. The number of rotatable bonds is 8. The molecule has 0 aromatic heterocycles. The van der Waals surface area contributed by atoms with Gasteiger partial charge < -0.3 is 14.6 Å². The monoisotopic (exact) mass is 381 g/mol. The Morgan fingerprint density at radius 2 is 1.89 bits per heavy atom. The molecule has 0 aliphatic heterocycles. The van der Waals surface area contributed by atoms with Crippen LogP contribution in [-0.4, -0.2) is 31.0 Å². The molecule has 0 fully saturated rings. The fourth-order valence-corrected chi connectivity index (χ4v) is 2.71. The third kappa shape index (κ3) is 5.71. The molecule has 0 aliphatic rings. The van der Waals surface area contributed by atoms with Crippen molar-refractivity contribution in [3.05, 3.63) is 65.7 Å². The summed E-state index contributed by atoms with van der Waals surface area (Å²) >= 11 is 0. The van der Waals surface area contributed by atoms with Gasteiger partial charge >= 0.3 is 5.97 Å². The van der Waals surface area contributed by atoms with Gasteiger partial charge in [0.15, 0.2) is 18.1 Å². The van der Waals surface area contributed by atoms with E-state index in [0.717, 1.165) is 16.8 Å². The number of carboxylic acid groups (broad SMARTS) is 1. The first-order valence-corrected chi connectivity index (χ1v) is 9.05. The number of carboxylic acids is 1.